The quantitative estimate of drug-likeness (QED) is 0.652. The predicted octanol–water partition coefficient (Wildman–Crippen LogP) is 0.901. The lowest BCUT2D eigenvalue weighted by Crippen LogP contribution is -2.26. The highest BCUT2D eigenvalue weighted by Gasteiger charge is 2.25. The second kappa shape index (κ2) is 3.48. The number of halogens is 2. The fourth-order valence-electron chi connectivity index (χ4n) is 1.48. The molecular weight excluding hydrogens is 277 g/mol. The van der Waals surface area contributed by atoms with Gasteiger partial charge in [0.05, 0.1) is 5.36 Å². The van der Waals surface area contributed by atoms with Gasteiger partial charge >= 0.3 is 6.48 Å². The van der Waals surface area contributed by atoms with Crippen LogP contribution in [0.4, 0.5) is 4.39 Å². The number of aliphatic imine (C=N–C) groups is 2. The Morgan fingerprint density at radius 3 is 3.12 bits per heavy atom. The summed E-state index contributed by atoms with van der Waals surface area (Å²) in [5, 5.41) is 1.51. The molecule has 0 N–H and O–H groups in total. The standard InChI is InChI=1S/C10H5BrFN3O/c11-6-3-1-2-5-4-13-9-8(14-7(5)6)15-10(12)16-9/h1-4,10H. The Hall–Kier alpha value is -1.56. The van der Waals surface area contributed by atoms with Crippen molar-refractivity contribution in [3.05, 3.63) is 33.2 Å². The first-order chi connectivity index (χ1) is 7.74. The third-order valence-electron chi connectivity index (χ3n) is 2.18. The van der Waals surface area contributed by atoms with E-state index in [0.29, 0.717) is 5.36 Å². The van der Waals surface area contributed by atoms with Crippen molar-refractivity contribution in [2.75, 3.05) is 0 Å². The molecule has 6 heteroatoms. The number of rotatable bonds is 0. The molecule has 1 atom stereocenters. The zero-order chi connectivity index (χ0) is 11.1. The van der Waals surface area contributed by atoms with Gasteiger partial charge in [0.15, 0.2) is 0 Å². The van der Waals surface area contributed by atoms with E-state index < -0.39 is 6.48 Å². The maximum atomic E-state index is 12.9. The monoisotopic (exact) mass is 281 g/mol. The van der Waals surface area contributed by atoms with Crippen LogP contribution in [0, 0.1) is 0 Å². The van der Waals surface area contributed by atoms with Crippen LogP contribution in [0.3, 0.4) is 0 Å². The fourth-order valence-corrected chi connectivity index (χ4v) is 1.95. The van der Waals surface area contributed by atoms with Crippen LogP contribution in [-0.4, -0.2) is 18.2 Å². The summed E-state index contributed by atoms with van der Waals surface area (Å²) in [4.78, 5) is 11.8. The molecule has 0 spiro atoms. The summed E-state index contributed by atoms with van der Waals surface area (Å²) in [6, 6.07) is 5.59. The molecule has 0 fully saturated rings. The Bertz CT molecular complexity index is 638. The minimum Gasteiger partial charge on any atom is -0.420 e. The number of alkyl halides is 1. The van der Waals surface area contributed by atoms with Crippen molar-refractivity contribution < 1.29 is 9.13 Å². The molecule has 0 saturated heterocycles. The third kappa shape index (κ3) is 1.46. The van der Waals surface area contributed by atoms with Crippen molar-refractivity contribution in [3.8, 4) is 0 Å². The lowest BCUT2D eigenvalue weighted by atomic mass is 10.3. The second-order valence-corrected chi connectivity index (χ2v) is 4.07. The minimum atomic E-state index is -1.70. The van der Waals surface area contributed by atoms with Gasteiger partial charge in [0.25, 0.3) is 5.90 Å². The molecule has 1 unspecified atom stereocenters. The largest absolute Gasteiger partial charge is 0.420 e. The van der Waals surface area contributed by atoms with Crippen LogP contribution in [0.15, 0.2) is 37.6 Å². The summed E-state index contributed by atoms with van der Waals surface area (Å²) in [6.45, 7) is -1.70. The van der Waals surface area contributed by atoms with Crippen molar-refractivity contribution in [2.45, 2.75) is 6.48 Å². The Labute approximate surface area is 98.0 Å². The minimum absolute atomic E-state index is 0.121. The number of nitrogens with zero attached hydrogens (tertiary/aromatic N) is 3. The van der Waals surface area contributed by atoms with E-state index >= 15 is 0 Å². The molecule has 3 rings (SSSR count). The molecule has 0 aliphatic carbocycles. The van der Waals surface area contributed by atoms with Gasteiger partial charge in [-0.05, 0) is 22.0 Å². The van der Waals surface area contributed by atoms with Crippen LogP contribution in [0.25, 0.3) is 6.20 Å². The van der Waals surface area contributed by atoms with E-state index in [1.54, 1.807) is 6.20 Å². The SMILES string of the molecule is FC1N=C2N=c3c(Br)cccc3=CN=C2O1. The smallest absolute Gasteiger partial charge is 0.341 e. The van der Waals surface area contributed by atoms with E-state index in [9.17, 15) is 4.39 Å². The summed E-state index contributed by atoms with van der Waals surface area (Å²) < 4.78 is 18.4. The van der Waals surface area contributed by atoms with Gasteiger partial charge in [-0.15, -0.1) is 0 Å². The number of amidine groups is 1. The van der Waals surface area contributed by atoms with Crippen LogP contribution in [0.2, 0.25) is 0 Å². The molecule has 0 amide bonds. The van der Waals surface area contributed by atoms with Crippen LogP contribution < -0.4 is 10.6 Å². The van der Waals surface area contributed by atoms with E-state index in [1.165, 1.54) is 0 Å². The Morgan fingerprint density at radius 2 is 2.25 bits per heavy atom. The van der Waals surface area contributed by atoms with Gasteiger partial charge < -0.3 is 4.74 Å². The summed E-state index contributed by atoms with van der Waals surface area (Å²) in [7, 11) is 0. The van der Waals surface area contributed by atoms with Gasteiger partial charge in [-0.3, -0.25) is 0 Å². The van der Waals surface area contributed by atoms with Crippen molar-refractivity contribution >= 4 is 33.9 Å². The first-order valence-electron chi connectivity index (χ1n) is 4.54. The number of hydrogen-bond donors (Lipinski definition) is 0. The number of fused-ring (bicyclic) bond motifs is 2. The summed E-state index contributed by atoms with van der Waals surface area (Å²) in [5.74, 6) is 0.310. The van der Waals surface area contributed by atoms with Crippen LogP contribution in [0.1, 0.15) is 0 Å². The highest BCUT2D eigenvalue weighted by molar-refractivity contribution is 9.10. The predicted molar refractivity (Wildman–Crippen MR) is 60.2 cm³/mol. The highest BCUT2D eigenvalue weighted by Crippen LogP contribution is 2.11. The van der Waals surface area contributed by atoms with Gasteiger partial charge in [0.1, 0.15) is 0 Å². The maximum Gasteiger partial charge on any atom is 0.341 e. The zero-order valence-electron chi connectivity index (χ0n) is 7.89. The molecule has 1 aromatic rings. The Morgan fingerprint density at radius 1 is 1.38 bits per heavy atom. The molecule has 0 aromatic heterocycles. The lowest BCUT2D eigenvalue weighted by Gasteiger charge is -1.94. The Kier molecular flexibility index (Phi) is 2.10. The summed E-state index contributed by atoms with van der Waals surface area (Å²) in [6.07, 6.45) is 1.58. The first kappa shape index (κ1) is 9.65. The average molecular weight is 282 g/mol. The lowest BCUT2D eigenvalue weighted by molar-refractivity contribution is 0.0783. The Balaban J connectivity index is 2.33. The van der Waals surface area contributed by atoms with E-state index in [-0.39, 0.29) is 11.7 Å². The molecule has 0 bridgehead atoms. The molecule has 2 aliphatic heterocycles. The van der Waals surface area contributed by atoms with Gasteiger partial charge in [-0.1, -0.05) is 12.1 Å². The van der Waals surface area contributed by atoms with Gasteiger partial charge in [0, 0.05) is 15.9 Å². The third-order valence-corrected chi connectivity index (χ3v) is 2.82. The normalized spacial score (nSPS) is 21.5. The molecule has 2 heterocycles. The molecule has 16 heavy (non-hydrogen) atoms. The number of ether oxygens (including phenoxy) is 1. The second-order valence-electron chi connectivity index (χ2n) is 3.22. The topological polar surface area (TPSA) is 46.3 Å². The van der Waals surface area contributed by atoms with E-state index in [4.69, 9.17) is 4.74 Å². The molecule has 0 saturated carbocycles. The average Bonchev–Trinajstić information content (AvgIpc) is 2.51. The highest BCUT2D eigenvalue weighted by atomic mass is 79.9. The molecule has 0 radical (unpaired) electrons. The zero-order valence-corrected chi connectivity index (χ0v) is 9.48. The summed E-state index contributed by atoms with van der Waals surface area (Å²) >= 11 is 3.37. The number of para-hydroxylation sites is 1. The van der Waals surface area contributed by atoms with Crippen LogP contribution >= 0.6 is 15.9 Å². The van der Waals surface area contributed by atoms with Crippen molar-refractivity contribution in [1.29, 1.82) is 0 Å². The van der Waals surface area contributed by atoms with Crippen molar-refractivity contribution in [1.82, 2.24) is 0 Å². The van der Waals surface area contributed by atoms with E-state index in [2.05, 4.69) is 30.9 Å². The first-order valence-corrected chi connectivity index (χ1v) is 5.33. The molecule has 2 aliphatic rings. The molecule has 80 valence electrons. The fraction of sp³-hybridized carbons (Fsp3) is 0.100. The maximum absolute atomic E-state index is 12.9. The van der Waals surface area contributed by atoms with Crippen molar-refractivity contribution in [3.63, 3.8) is 0 Å². The van der Waals surface area contributed by atoms with E-state index in [0.717, 1.165) is 9.69 Å². The van der Waals surface area contributed by atoms with Crippen molar-refractivity contribution in [2.24, 2.45) is 15.0 Å². The van der Waals surface area contributed by atoms with Gasteiger partial charge in [-0.25, -0.2) is 9.98 Å². The van der Waals surface area contributed by atoms with Gasteiger partial charge in [-0.2, -0.15) is 9.38 Å². The summed E-state index contributed by atoms with van der Waals surface area (Å²) in [5.41, 5.74) is 0. The molecule has 4 nitrogen and oxygen atoms in total. The van der Waals surface area contributed by atoms with Crippen LogP contribution in [0.5, 0.6) is 0 Å². The number of benzene rings is 1. The van der Waals surface area contributed by atoms with Crippen LogP contribution in [-0.2, 0) is 4.74 Å². The number of hydrogen-bond acceptors (Lipinski definition) is 4. The molecule has 1 aromatic carbocycles. The van der Waals surface area contributed by atoms with E-state index in [1.807, 2.05) is 18.2 Å². The van der Waals surface area contributed by atoms with Gasteiger partial charge in [0.2, 0.25) is 5.84 Å². The molecular formula is C10H5BrFN3O.